The molecule has 3 unspecified atom stereocenters. The molecule has 1 N–H and O–H groups in total. The largest absolute Gasteiger partial charge is 0.314 e. The van der Waals surface area contributed by atoms with Crippen LogP contribution in [0.4, 0.5) is 0 Å². The minimum atomic E-state index is 0.379. The SMILES string of the molecule is CCCNC1CCCC1CCN(C)C(C)C(C)(C)C. The summed E-state index contributed by atoms with van der Waals surface area (Å²) in [5.74, 6) is 0.904. The lowest BCUT2D eigenvalue weighted by Gasteiger charge is -2.36. The molecule has 1 rings (SSSR count). The molecule has 0 spiro atoms. The monoisotopic (exact) mass is 268 g/mol. The molecule has 0 heterocycles. The lowest BCUT2D eigenvalue weighted by atomic mass is 9.87. The van der Waals surface area contributed by atoms with E-state index < -0.39 is 0 Å². The highest BCUT2D eigenvalue weighted by Gasteiger charge is 2.28. The van der Waals surface area contributed by atoms with Gasteiger partial charge in [0, 0.05) is 12.1 Å². The molecule has 0 bridgehead atoms. The molecule has 1 fully saturated rings. The fraction of sp³-hybridized carbons (Fsp3) is 1.00. The summed E-state index contributed by atoms with van der Waals surface area (Å²) in [6, 6.07) is 1.44. The van der Waals surface area contributed by atoms with Crippen molar-refractivity contribution in [3.05, 3.63) is 0 Å². The molecule has 0 aromatic rings. The Bertz CT molecular complexity index is 244. The van der Waals surface area contributed by atoms with Crippen molar-refractivity contribution in [1.82, 2.24) is 10.2 Å². The van der Waals surface area contributed by atoms with Crippen LogP contribution in [0.3, 0.4) is 0 Å². The molecule has 0 amide bonds. The topological polar surface area (TPSA) is 15.3 Å². The third-order valence-corrected chi connectivity index (χ3v) is 5.08. The summed E-state index contributed by atoms with van der Waals surface area (Å²) in [6.07, 6.45) is 6.86. The van der Waals surface area contributed by atoms with E-state index in [1.54, 1.807) is 0 Å². The van der Waals surface area contributed by atoms with Gasteiger partial charge in [-0.05, 0) is 64.1 Å². The van der Waals surface area contributed by atoms with Crippen molar-refractivity contribution in [3.63, 3.8) is 0 Å². The Kier molecular flexibility index (Phi) is 6.82. The van der Waals surface area contributed by atoms with E-state index in [9.17, 15) is 0 Å². The third kappa shape index (κ3) is 5.43. The second-order valence-electron chi connectivity index (χ2n) is 7.56. The summed E-state index contributed by atoms with van der Waals surface area (Å²) in [5, 5.41) is 3.75. The molecule has 1 saturated carbocycles. The van der Waals surface area contributed by atoms with Crippen LogP contribution in [0.5, 0.6) is 0 Å². The van der Waals surface area contributed by atoms with Crippen molar-refractivity contribution in [2.45, 2.75) is 78.8 Å². The van der Waals surface area contributed by atoms with E-state index in [0.717, 1.165) is 12.0 Å². The first-order valence-corrected chi connectivity index (χ1v) is 8.30. The first kappa shape index (κ1) is 17.0. The summed E-state index contributed by atoms with van der Waals surface area (Å²) in [6.45, 7) is 14.1. The molecular weight excluding hydrogens is 232 g/mol. The first-order chi connectivity index (χ1) is 8.86. The zero-order valence-electron chi connectivity index (χ0n) is 14.1. The maximum Gasteiger partial charge on any atom is 0.0112 e. The second-order valence-corrected chi connectivity index (χ2v) is 7.56. The van der Waals surface area contributed by atoms with Gasteiger partial charge in [0.25, 0.3) is 0 Å². The van der Waals surface area contributed by atoms with Crippen LogP contribution in [0.25, 0.3) is 0 Å². The number of nitrogens with zero attached hydrogens (tertiary/aromatic N) is 1. The van der Waals surface area contributed by atoms with Crippen molar-refractivity contribution in [1.29, 1.82) is 0 Å². The lowest BCUT2D eigenvalue weighted by molar-refractivity contribution is 0.131. The van der Waals surface area contributed by atoms with Gasteiger partial charge in [-0.2, -0.15) is 0 Å². The highest BCUT2D eigenvalue weighted by atomic mass is 15.1. The number of nitrogens with one attached hydrogen (secondary N) is 1. The molecule has 0 aliphatic heterocycles. The second kappa shape index (κ2) is 7.64. The van der Waals surface area contributed by atoms with Gasteiger partial charge in [-0.3, -0.25) is 0 Å². The van der Waals surface area contributed by atoms with E-state index in [1.165, 1.54) is 45.2 Å². The Morgan fingerprint density at radius 3 is 2.53 bits per heavy atom. The number of hydrogen-bond donors (Lipinski definition) is 1. The molecule has 19 heavy (non-hydrogen) atoms. The van der Waals surface area contributed by atoms with Gasteiger partial charge in [0.1, 0.15) is 0 Å². The summed E-state index contributed by atoms with van der Waals surface area (Å²) in [4.78, 5) is 2.55. The molecule has 1 aliphatic carbocycles. The van der Waals surface area contributed by atoms with Crippen LogP contribution in [0.15, 0.2) is 0 Å². The highest BCUT2D eigenvalue weighted by molar-refractivity contribution is 4.85. The van der Waals surface area contributed by atoms with Gasteiger partial charge < -0.3 is 10.2 Å². The average Bonchev–Trinajstić information content (AvgIpc) is 2.78. The van der Waals surface area contributed by atoms with Crippen molar-refractivity contribution in [2.24, 2.45) is 11.3 Å². The van der Waals surface area contributed by atoms with Crippen molar-refractivity contribution >= 4 is 0 Å². The smallest absolute Gasteiger partial charge is 0.0112 e. The quantitative estimate of drug-likeness (QED) is 0.753. The van der Waals surface area contributed by atoms with Gasteiger partial charge in [-0.1, -0.05) is 34.1 Å². The molecule has 0 saturated heterocycles. The molecule has 0 aromatic heterocycles. The van der Waals surface area contributed by atoms with Crippen LogP contribution in [0.2, 0.25) is 0 Å². The number of rotatable bonds is 7. The Labute approximate surface area is 121 Å². The molecular formula is C17H36N2. The van der Waals surface area contributed by atoms with E-state index in [4.69, 9.17) is 0 Å². The molecule has 3 atom stereocenters. The van der Waals surface area contributed by atoms with Crippen LogP contribution in [-0.4, -0.2) is 37.1 Å². The maximum atomic E-state index is 3.75. The molecule has 0 radical (unpaired) electrons. The van der Waals surface area contributed by atoms with Crippen LogP contribution in [-0.2, 0) is 0 Å². The average molecular weight is 268 g/mol. The van der Waals surface area contributed by atoms with Gasteiger partial charge in [0.05, 0.1) is 0 Å². The molecule has 2 heteroatoms. The minimum Gasteiger partial charge on any atom is -0.314 e. The summed E-state index contributed by atoms with van der Waals surface area (Å²) in [7, 11) is 2.29. The van der Waals surface area contributed by atoms with Crippen LogP contribution in [0, 0.1) is 11.3 Å². The lowest BCUT2D eigenvalue weighted by Crippen LogP contribution is -2.41. The summed E-state index contributed by atoms with van der Waals surface area (Å²) >= 11 is 0. The minimum absolute atomic E-state index is 0.379. The highest BCUT2D eigenvalue weighted by Crippen LogP contribution is 2.30. The van der Waals surface area contributed by atoms with Crippen molar-refractivity contribution in [2.75, 3.05) is 20.1 Å². The van der Waals surface area contributed by atoms with Gasteiger partial charge in [-0.25, -0.2) is 0 Å². The van der Waals surface area contributed by atoms with Gasteiger partial charge in [0.15, 0.2) is 0 Å². The van der Waals surface area contributed by atoms with Crippen LogP contribution in [0.1, 0.15) is 66.7 Å². The normalized spacial score (nSPS) is 26.1. The maximum absolute atomic E-state index is 3.75. The standard InChI is InChI=1S/C17H36N2/c1-7-12-18-16-10-8-9-15(16)11-13-19(6)14(2)17(3,4)5/h14-16,18H,7-13H2,1-6H3. The molecule has 1 aliphatic rings. The van der Waals surface area contributed by atoms with E-state index in [2.05, 4.69) is 51.9 Å². The summed E-state index contributed by atoms with van der Waals surface area (Å²) < 4.78 is 0. The predicted octanol–water partition coefficient (Wildman–Crippen LogP) is 3.91. The van der Waals surface area contributed by atoms with E-state index in [1.807, 2.05) is 0 Å². The Hall–Kier alpha value is -0.0800. The van der Waals surface area contributed by atoms with E-state index in [-0.39, 0.29) is 0 Å². The molecule has 0 aromatic carbocycles. The molecule has 2 nitrogen and oxygen atoms in total. The summed E-state index contributed by atoms with van der Waals surface area (Å²) in [5.41, 5.74) is 0.379. The fourth-order valence-electron chi connectivity index (χ4n) is 3.21. The zero-order valence-corrected chi connectivity index (χ0v) is 14.1. The Morgan fingerprint density at radius 1 is 1.26 bits per heavy atom. The Balaban J connectivity index is 2.34. The van der Waals surface area contributed by atoms with Crippen molar-refractivity contribution < 1.29 is 0 Å². The van der Waals surface area contributed by atoms with Gasteiger partial charge in [-0.15, -0.1) is 0 Å². The van der Waals surface area contributed by atoms with Crippen LogP contribution < -0.4 is 5.32 Å². The van der Waals surface area contributed by atoms with Gasteiger partial charge >= 0.3 is 0 Å². The fourth-order valence-corrected chi connectivity index (χ4v) is 3.21. The van der Waals surface area contributed by atoms with E-state index in [0.29, 0.717) is 11.5 Å². The first-order valence-electron chi connectivity index (χ1n) is 8.30. The Morgan fingerprint density at radius 2 is 1.95 bits per heavy atom. The van der Waals surface area contributed by atoms with Crippen molar-refractivity contribution in [3.8, 4) is 0 Å². The zero-order chi connectivity index (χ0) is 14.5. The van der Waals surface area contributed by atoms with E-state index >= 15 is 0 Å². The third-order valence-electron chi connectivity index (χ3n) is 5.08. The predicted molar refractivity (Wildman–Crippen MR) is 85.6 cm³/mol. The number of hydrogen-bond acceptors (Lipinski definition) is 2. The van der Waals surface area contributed by atoms with Crippen LogP contribution >= 0.6 is 0 Å². The molecule has 114 valence electrons. The van der Waals surface area contributed by atoms with Gasteiger partial charge in [0.2, 0.25) is 0 Å².